The molecule has 0 saturated carbocycles. The third-order valence-electron chi connectivity index (χ3n) is 5.70. The first-order valence-corrected chi connectivity index (χ1v) is 11.0. The number of aromatic nitrogens is 2. The molecule has 1 saturated heterocycles. The standard InChI is InChI=1S/C23H34N6O/c1-3-28(4-2)21(20-10-6-5-7-11-20)22(30)24-14-9-15-27-16-18-29(19-17-27)23-25-12-8-13-26-23/h5-8,10-13,21H,3-4,9,14-19H2,1-2H3,(H,24,30). The van der Waals surface area contributed by atoms with Gasteiger partial charge in [0, 0.05) is 45.1 Å². The summed E-state index contributed by atoms with van der Waals surface area (Å²) in [5.74, 6) is 0.906. The second kappa shape index (κ2) is 11.6. The Morgan fingerprint density at radius 2 is 1.70 bits per heavy atom. The Morgan fingerprint density at radius 1 is 1.03 bits per heavy atom. The van der Waals surface area contributed by atoms with Gasteiger partial charge in [0.2, 0.25) is 11.9 Å². The van der Waals surface area contributed by atoms with Crippen LogP contribution in [0.3, 0.4) is 0 Å². The summed E-state index contributed by atoms with van der Waals surface area (Å²) >= 11 is 0. The second-order valence-corrected chi connectivity index (χ2v) is 7.56. The van der Waals surface area contributed by atoms with E-state index in [-0.39, 0.29) is 11.9 Å². The largest absolute Gasteiger partial charge is 0.354 e. The maximum Gasteiger partial charge on any atom is 0.241 e. The number of amides is 1. The van der Waals surface area contributed by atoms with E-state index >= 15 is 0 Å². The van der Waals surface area contributed by atoms with Crippen LogP contribution in [0.25, 0.3) is 0 Å². The Kier molecular flexibility index (Phi) is 8.59. The lowest BCUT2D eigenvalue weighted by Gasteiger charge is -2.34. The zero-order valence-electron chi connectivity index (χ0n) is 18.2. The molecule has 2 aromatic rings. The fourth-order valence-electron chi connectivity index (χ4n) is 3.99. The van der Waals surface area contributed by atoms with E-state index < -0.39 is 0 Å². The summed E-state index contributed by atoms with van der Waals surface area (Å²) < 4.78 is 0. The lowest BCUT2D eigenvalue weighted by molar-refractivity contribution is -0.126. The summed E-state index contributed by atoms with van der Waals surface area (Å²) in [5.41, 5.74) is 1.05. The Morgan fingerprint density at radius 3 is 2.33 bits per heavy atom. The Balaban J connectivity index is 1.42. The predicted octanol–water partition coefficient (Wildman–Crippen LogP) is 2.19. The topological polar surface area (TPSA) is 64.6 Å². The molecule has 1 fully saturated rings. The molecule has 1 unspecified atom stereocenters. The molecule has 1 aliphatic rings. The lowest BCUT2D eigenvalue weighted by atomic mass is 10.0. The van der Waals surface area contributed by atoms with Gasteiger partial charge in [-0.05, 0) is 37.7 Å². The van der Waals surface area contributed by atoms with E-state index in [4.69, 9.17) is 0 Å². The van der Waals surface area contributed by atoms with E-state index in [1.165, 1.54) is 0 Å². The van der Waals surface area contributed by atoms with Gasteiger partial charge in [0.05, 0.1) is 0 Å². The average molecular weight is 411 g/mol. The summed E-state index contributed by atoms with van der Waals surface area (Å²) in [7, 11) is 0. The van der Waals surface area contributed by atoms with Gasteiger partial charge in [-0.15, -0.1) is 0 Å². The van der Waals surface area contributed by atoms with Crippen molar-refractivity contribution in [1.29, 1.82) is 0 Å². The third kappa shape index (κ3) is 6.00. The molecular formula is C23H34N6O. The predicted molar refractivity (Wildman–Crippen MR) is 120 cm³/mol. The number of nitrogens with one attached hydrogen (secondary N) is 1. The van der Waals surface area contributed by atoms with Crippen LogP contribution in [-0.4, -0.2) is 78.0 Å². The van der Waals surface area contributed by atoms with Crippen LogP contribution in [0.15, 0.2) is 48.8 Å². The first kappa shape index (κ1) is 22.2. The van der Waals surface area contributed by atoms with E-state index in [9.17, 15) is 4.79 Å². The molecule has 1 aromatic carbocycles. The highest BCUT2D eigenvalue weighted by molar-refractivity contribution is 5.83. The summed E-state index contributed by atoms with van der Waals surface area (Å²) in [6.07, 6.45) is 4.53. The SMILES string of the molecule is CCN(CC)C(C(=O)NCCCN1CCN(c2ncccn2)CC1)c1ccccc1. The number of likely N-dealkylation sites (N-methyl/N-ethyl adjacent to an activating group) is 1. The van der Waals surface area contributed by atoms with Crippen molar-refractivity contribution in [1.82, 2.24) is 25.1 Å². The number of nitrogens with zero attached hydrogens (tertiary/aromatic N) is 5. The second-order valence-electron chi connectivity index (χ2n) is 7.56. The van der Waals surface area contributed by atoms with Crippen molar-refractivity contribution in [2.75, 3.05) is 57.3 Å². The molecule has 0 spiro atoms. The monoisotopic (exact) mass is 410 g/mol. The molecule has 30 heavy (non-hydrogen) atoms. The van der Waals surface area contributed by atoms with Crippen molar-refractivity contribution in [3.8, 4) is 0 Å². The van der Waals surface area contributed by atoms with E-state index in [0.29, 0.717) is 6.54 Å². The van der Waals surface area contributed by atoms with Crippen LogP contribution in [-0.2, 0) is 4.79 Å². The minimum absolute atomic E-state index is 0.0935. The van der Waals surface area contributed by atoms with Crippen LogP contribution in [0.4, 0.5) is 5.95 Å². The number of carbonyl (C=O) groups is 1. The number of anilines is 1. The maximum absolute atomic E-state index is 13.0. The highest BCUT2D eigenvalue weighted by Gasteiger charge is 2.25. The number of benzene rings is 1. The first-order valence-electron chi connectivity index (χ1n) is 11.0. The van der Waals surface area contributed by atoms with Crippen molar-refractivity contribution in [3.05, 3.63) is 54.4 Å². The lowest BCUT2D eigenvalue weighted by Crippen LogP contribution is -2.47. The molecule has 0 radical (unpaired) electrons. The van der Waals surface area contributed by atoms with Crippen LogP contribution >= 0.6 is 0 Å². The Bertz CT molecular complexity index is 745. The van der Waals surface area contributed by atoms with Crippen LogP contribution in [0.5, 0.6) is 0 Å². The van der Waals surface area contributed by atoms with E-state index in [0.717, 1.165) is 63.7 Å². The molecule has 1 N–H and O–H groups in total. The van der Waals surface area contributed by atoms with Crippen molar-refractivity contribution in [2.45, 2.75) is 26.3 Å². The molecule has 3 rings (SSSR count). The fourth-order valence-corrected chi connectivity index (χ4v) is 3.99. The molecule has 2 heterocycles. The normalized spacial score (nSPS) is 15.9. The summed E-state index contributed by atoms with van der Waals surface area (Å²) in [5, 5.41) is 3.17. The van der Waals surface area contributed by atoms with E-state index in [2.05, 4.69) is 43.8 Å². The molecule has 1 aliphatic heterocycles. The molecule has 0 aliphatic carbocycles. The van der Waals surface area contributed by atoms with Crippen LogP contribution in [0, 0.1) is 0 Å². The van der Waals surface area contributed by atoms with Crippen molar-refractivity contribution in [3.63, 3.8) is 0 Å². The molecule has 1 aromatic heterocycles. The maximum atomic E-state index is 13.0. The van der Waals surface area contributed by atoms with Gasteiger partial charge in [-0.25, -0.2) is 9.97 Å². The smallest absolute Gasteiger partial charge is 0.241 e. The average Bonchev–Trinajstić information content (AvgIpc) is 2.81. The Hall–Kier alpha value is -2.51. The number of rotatable bonds is 10. The molecule has 1 atom stereocenters. The quantitative estimate of drug-likeness (QED) is 0.606. The van der Waals surface area contributed by atoms with Gasteiger partial charge in [0.1, 0.15) is 6.04 Å². The van der Waals surface area contributed by atoms with Crippen LogP contribution in [0.1, 0.15) is 31.9 Å². The zero-order valence-corrected chi connectivity index (χ0v) is 18.2. The fraction of sp³-hybridized carbons (Fsp3) is 0.522. The minimum atomic E-state index is -0.226. The van der Waals surface area contributed by atoms with Gasteiger partial charge in [0.25, 0.3) is 0 Å². The van der Waals surface area contributed by atoms with Gasteiger partial charge >= 0.3 is 0 Å². The van der Waals surface area contributed by atoms with Crippen molar-refractivity contribution >= 4 is 11.9 Å². The molecule has 7 nitrogen and oxygen atoms in total. The van der Waals surface area contributed by atoms with E-state index in [1.54, 1.807) is 12.4 Å². The van der Waals surface area contributed by atoms with Crippen LogP contribution in [0.2, 0.25) is 0 Å². The molecule has 162 valence electrons. The minimum Gasteiger partial charge on any atom is -0.354 e. The Labute approximate surface area is 180 Å². The first-order chi connectivity index (χ1) is 14.7. The summed E-state index contributed by atoms with van der Waals surface area (Å²) in [6, 6.07) is 11.7. The molecule has 1 amide bonds. The molecule has 0 bridgehead atoms. The van der Waals surface area contributed by atoms with Crippen LogP contribution < -0.4 is 10.2 Å². The highest BCUT2D eigenvalue weighted by Crippen LogP contribution is 2.20. The van der Waals surface area contributed by atoms with Gasteiger partial charge in [-0.3, -0.25) is 14.6 Å². The van der Waals surface area contributed by atoms with Crippen molar-refractivity contribution in [2.24, 2.45) is 0 Å². The van der Waals surface area contributed by atoms with E-state index in [1.807, 2.05) is 36.4 Å². The molecular weight excluding hydrogens is 376 g/mol. The number of piperazine rings is 1. The highest BCUT2D eigenvalue weighted by atomic mass is 16.2. The zero-order chi connectivity index (χ0) is 21.2. The van der Waals surface area contributed by atoms with Gasteiger partial charge < -0.3 is 10.2 Å². The summed E-state index contributed by atoms with van der Waals surface area (Å²) in [6.45, 7) is 11.5. The van der Waals surface area contributed by atoms with Gasteiger partial charge in [-0.1, -0.05) is 44.2 Å². The van der Waals surface area contributed by atoms with Gasteiger partial charge in [-0.2, -0.15) is 0 Å². The number of carbonyl (C=O) groups excluding carboxylic acids is 1. The van der Waals surface area contributed by atoms with Gasteiger partial charge in [0.15, 0.2) is 0 Å². The summed E-state index contributed by atoms with van der Waals surface area (Å²) in [4.78, 5) is 28.5. The number of hydrogen-bond acceptors (Lipinski definition) is 6. The number of hydrogen-bond donors (Lipinski definition) is 1. The van der Waals surface area contributed by atoms with Crippen molar-refractivity contribution < 1.29 is 4.79 Å². The third-order valence-corrected chi connectivity index (χ3v) is 5.70. The molecule has 7 heteroatoms.